The SMILES string of the molecule is NCCCCc1ccc(F)c2c1OCCCO2. The summed E-state index contributed by atoms with van der Waals surface area (Å²) in [7, 11) is 0. The number of hydrogen-bond acceptors (Lipinski definition) is 3. The molecule has 0 saturated heterocycles. The van der Waals surface area contributed by atoms with E-state index in [-0.39, 0.29) is 11.6 Å². The van der Waals surface area contributed by atoms with E-state index in [0.717, 1.165) is 31.2 Å². The zero-order chi connectivity index (χ0) is 12.1. The van der Waals surface area contributed by atoms with E-state index in [9.17, 15) is 4.39 Å². The van der Waals surface area contributed by atoms with Gasteiger partial charge in [-0.25, -0.2) is 4.39 Å². The number of unbranched alkanes of at least 4 members (excludes halogenated alkanes) is 1. The maximum absolute atomic E-state index is 13.6. The van der Waals surface area contributed by atoms with E-state index in [1.54, 1.807) is 6.07 Å². The molecule has 1 aliphatic rings. The summed E-state index contributed by atoms with van der Waals surface area (Å²) in [5.41, 5.74) is 6.47. The molecular formula is C13H18FNO2. The average Bonchev–Trinajstić information content (AvgIpc) is 2.58. The molecule has 17 heavy (non-hydrogen) atoms. The van der Waals surface area contributed by atoms with Gasteiger partial charge in [-0.2, -0.15) is 0 Å². The molecule has 0 saturated carbocycles. The molecule has 2 rings (SSSR count). The number of rotatable bonds is 4. The molecule has 1 heterocycles. The van der Waals surface area contributed by atoms with Crippen molar-refractivity contribution in [1.82, 2.24) is 0 Å². The highest BCUT2D eigenvalue weighted by atomic mass is 19.1. The maximum Gasteiger partial charge on any atom is 0.197 e. The smallest absolute Gasteiger partial charge is 0.197 e. The molecule has 0 aliphatic carbocycles. The van der Waals surface area contributed by atoms with E-state index in [1.807, 2.05) is 0 Å². The van der Waals surface area contributed by atoms with Crippen LogP contribution >= 0.6 is 0 Å². The Balaban J connectivity index is 2.20. The standard InChI is InChI=1S/C13H18FNO2/c14-11-6-5-10(4-1-2-7-15)12-13(11)17-9-3-8-16-12/h5-6H,1-4,7-9,15H2. The van der Waals surface area contributed by atoms with Gasteiger partial charge in [-0.1, -0.05) is 6.07 Å². The Morgan fingerprint density at radius 1 is 1.12 bits per heavy atom. The van der Waals surface area contributed by atoms with Gasteiger partial charge in [0.2, 0.25) is 0 Å². The van der Waals surface area contributed by atoms with E-state index in [1.165, 1.54) is 6.07 Å². The highest BCUT2D eigenvalue weighted by molar-refractivity contribution is 5.48. The second kappa shape index (κ2) is 5.87. The Kier molecular flexibility index (Phi) is 4.20. The Labute approximate surface area is 101 Å². The second-order valence-electron chi connectivity index (χ2n) is 4.16. The summed E-state index contributed by atoms with van der Waals surface area (Å²) in [4.78, 5) is 0. The zero-order valence-corrected chi connectivity index (χ0v) is 9.88. The summed E-state index contributed by atoms with van der Waals surface area (Å²) in [6.07, 6.45) is 3.59. The zero-order valence-electron chi connectivity index (χ0n) is 9.88. The predicted molar refractivity (Wildman–Crippen MR) is 64.0 cm³/mol. The average molecular weight is 239 g/mol. The second-order valence-corrected chi connectivity index (χ2v) is 4.16. The number of hydrogen-bond donors (Lipinski definition) is 1. The van der Waals surface area contributed by atoms with Crippen molar-refractivity contribution in [2.24, 2.45) is 5.73 Å². The van der Waals surface area contributed by atoms with Gasteiger partial charge in [-0.3, -0.25) is 0 Å². The van der Waals surface area contributed by atoms with Gasteiger partial charge in [0.1, 0.15) is 0 Å². The highest BCUT2D eigenvalue weighted by Gasteiger charge is 2.18. The first-order valence-electron chi connectivity index (χ1n) is 6.10. The van der Waals surface area contributed by atoms with Crippen LogP contribution in [0.25, 0.3) is 0 Å². The molecule has 2 N–H and O–H groups in total. The first kappa shape index (κ1) is 12.2. The summed E-state index contributed by atoms with van der Waals surface area (Å²) in [6.45, 7) is 1.78. The maximum atomic E-state index is 13.6. The molecule has 1 aliphatic heterocycles. The largest absolute Gasteiger partial charge is 0.489 e. The number of benzene rings is 1. The van der Waals surface area contributed by atoms with Gasteiger partial charge in [-0.15, -0.1) is 0 Å². The van der Waals surface area contributed by atoms with Crippen molar-refractivity contribution in [3.05, 3.63) is 23.5 Å². The Bertz CT molecular complexity index is 382. The number of ether oxygens (including phenoxy) is 2. The normalized spacial score (nSPS) is 14.5. The van der Waals surface area contributed by atoms with Crippen LogP contribution in [-0.4, -0.2) is 19.8 Å². The van der Waals surface area contributed by atoms with E-state index in [0.29, 0.717) is 25.5 Å². The molecular weight excluding hydrogens is 221 g/mol. The number of nitrogens with two attached hydrogens (primary N) is 1. The monoisotopic (exact) mass is 239 g/mol. The fourth-order valence-electron chi connectivity index (χ4n) is 1.94. The highest BCUT2D eigenvalue weighted by Crippen LogP contribution is 2.36. The van der Waals surface area contributed by atoms with Gasteiger partial charge in [0.05, 0.1) is 13.2 Å². The lowest BCUT2D eigenvalue weighted by molar-refractivity contribution is 0.291. The Hall–Kier alpha value is -1.29. The van der Waals surface area contributed by atoms with E-state index in [4.69, 9.17) is 15.2 Å². The van der Waals surface area contributed by atoms with Crippen LogP contribution in [0.4, 0.5) is 4.39 Å². The van der Waals surface area contributed by atoms with Crippen LogP contribution in [0, 0.1) is 5.82 Å². The molecule has 0 unspecified atom stereocenters. The van der Waals surface area contributed by atoms with Crippen molar-refractivity contribution in [1.29, 1.82) is 0 Å². The lowest BCUT2D eigenvalue weighted by Gasteiger charge is -2.13. The molecule has 1 aromatic carbocycles. The third-order valence-corrected chi connectivity index (χ3v) is 2.83. The summed E-state index contributed by atoms with van der Waals surface area (Å²) in [5, 5.41) is 0. The van der Waals surface area contributed by atoms with Crippen molar-refractivity contribution in [2.75, 3.05) is 19.8 Å². The minimum Gasteiger partial charge on any atom is -0.489 e. The van der Waals surface area contributed by atoms with Crippen LogP contribution in [0.5, 0.6) is 11.5 Å². The lowest BCUT2D eigenvalue weighted by Crippen LogP contribution is -2.02. The van der Waals surface area contributed by atoms with Crippen molar-refractivity contribution >= 4 is 0 Å². The quantitative estimate of drug-likeness (QED) is 0.820. The van der Waals surface area contributed by atoms with Crippen LogP contribution in [-0.2, 0) is 6.42 Å². The predicted octanol–water partition coefficient (Wildman–Crippen LogP) is 2.27. The third-order valence-electron chi connectivity index (χ3n) is 2.83. The summed E-state index contributed by atoms with van der Waals surface area (Å²) < 4.78 is 24.6. The van der Waals surface area contributed by atoms with Gasteiger partial charge in [0.25, 0.3) is 0 Å². The van der Waals surface area contributed by atoms with Crippen molar-refractivity contribution < 1.29 is 13.9 Å². The van der Waals surface area contributed by atoms with Crippen LogP contribution in [0.1, 0.15) is 24.8 Å². The molecule has 0 spiro atoms. The fraction of sp³-hybridized carbons (Fsp3) is 0.538. The topological polar surface area (TPSA) is 44.5 Å². The van der Waals surface area contributed by atoms with Gasteiger partial charge in [-0.05, 0) is 37.4 Å². The van der Waals surface area contributed by atoms with Crippen LogP contribution < -0.4 is 15.2 Å². The number of aryl methyl sites for hydroxylation is 1. The van der Waals surface area contributed by atoms with E-state index in [2.05, 4.69) is 0 Å². The van der Waals surface area contributed by atoms with Gasteiger partial charge in [0.15, 0.2) is 17.3 Å². The molecule has 0 atom stereocenters. The molecule has 3 nitrogen and oxygen atoms in total. The van der Waals surface area contributed by atoms with E-state index >= 15 is 0 Å². The minimum absolute atomic E-state index is 0.271. The molecule has 4 heteroatoms. The van der Waals surface area contributed by atoms with Crippen LogP contribution in [0.15, 0.2) is 12.1 Å². The third kappa shape index (κ3) is 2.88. The first-order chi connectivity index (χ1) is 8.33. The molecule has 0 bridgehead atoms. The Morgan fingerprint density at radius 2 is 1.88 bits per heavy atom. The molecule has 1 aromatic rings. The van der Waals surface area contributed by atoms with Gasteiger partial charge in [0, 0.05) is 6.42 Å². The number of halogens is 1. The molecule has 0 radical (unpaired) electrons. The fourth-order valence-corrected chi connectivity index (χ4v) is 1.94. The molecule has 0 amide bonds. The molecule has 0 aromatic heterocycles. The van der Waals surface area contributed by atoms with Crippen LogP contribution in [0.2, 0.25) is 0 Å². The molecule has 94 valence electrons. The van der Waals surface area contributed by atoms with Crippen molar-refractivity contribution in [3.8, 4) is 11.5 Å². The lowest BCUT2D eigenvalue weighted by atomic mass is 10.1. The first-order valence-corrected chi connectivity index (χ1v) is 6.10. The summed E-state index contributed by atoms with van der Waals surface area (Å²) in [5.74, 6) is 0.511. The number of fused-ring (bicyclic) bond motifs is 1. The van der Waals surface area contributed by atoms with Gasteiger partial charge >= 0.3 is 0 Å². The van der Waals surface area contributed by atoms with Crippen molar-refractivity contribution in [2.45, 2.75) is 25.7 Å². The summed E-state index contributed by atoms with van der Waals surface area (Å²) in [6, 6.07) is 3.23. The Morgan fingerprint density at radius 3 is 2.65 bits per heavy atom. The molecule has 0 fully saturated rings. The summed E-state index contributed by atoms with van der Waals surface area (Å²) >= 11 is 0. The van der Waals surface area contributed by atoms with Crippen molar-refractivity contribution in [3.63, 3.8) is 0 Å². The minimum atomic E-state index is -0.343. The van der Waals surface area contributed by atoms with Crippen LogP contribution in [0.3, 0.4) is 0 Å². The van der Waals surface area contributed by atoms with Gasteiger partial charge < -0.3 is 15.2 Å². The van der Waals surface area contributed by atoms with E-state index < -0.39 is 0 Å².